The van der Waals surface area contributed by atoms with Crippen LogP contribution < -0.4 is 4.74 Å². The lowest BCUT2D eigenvalue weighted by Gasteiger charge is -2.34. The van der Waals surface area contributed by atoms with Crippen LogP contribution in [0.3, 0.4) is 0 Å². The molecule has 0 spiro atoms. The lowest BCUT2D eigenvalue weighted by atomic mass is 10.2. The van der Waals surface area contributed by atoms with E-state index in [4.69, 9.17) is 4.74 Å². The van der Waals surface area contributed by atoms with Crippen molar-refractivity contribution >= 4 is 11.7 Å². The number of Topliss-reactive ketones (excluding diaryl/α,β-unsaturated/α-hetero) is 1. The molecular weight excluding hydrogens is 268 g/mol. The second-order valence-electron chi connectivity index (χ2n) is 5.46. The summed E-state index contributed by atoms with van der Waals surface area (Å²) in [5.74, 6) is 0.884. The van der Waals surface area contributed by atoms with Crippen molar-refractivity contribution in [3.05, 3.63) is 29.8 Å². The Labute approximate surface area is 125 Å². The van der Waals surface area contributed by atoms with Gasteiger partial charge in [-0.2, -0.15) is 0 Å². The highest BCUT2D eigenvalue weighted by molar-refractivity contribution is 5.78. The molecule has 21 heavy (non-hydrogen) atoms. The summed E-state index contributed by atoms with van der Waals surface area (Å²) in [6, 6.07) is 7.67. The molecule has 1 amide bonds. The number of hydrogen-bond donors (Lipinski definition) is 0. The first-order valence-corrected chi connectivity index (χ1v) is 7.23. The summed E-state index contributed by atoms with van der Waals surface area (Å²) in [4.78, 5) is 27.0. The molecule has 114 valence electrons. The van der Waals surface area contributed by atoms with Gasteiger partial charge in [0.2, 0.25) is 0 Å². The van der Waals surface area contributed by atoms with Gasteiger partial charge in [0.05, 0.1) is 6.54 Å². The van der Waals surface area contributed by atoms with Gasteiger partial charge >= 0.3 is 0 Å². The van der Waals surface area contributed by atoms with Crippen molar-refractivity contribution in [3.63, 3.8) is 0 Å². The number of rotatable bonds is 5. The summed E-state index contributed by atoms with van der Waals surface area (Å²) in [6.45, 7) is 6.92. The minimum atomic E-state index is -0.000943. The van der Waals surface area contributed by atoms with Crippen LogP contribution in [0, 0.1) is 6.92 Å². The Morgan fingerprint density at radius 1 is 1.19 bits per heavy atom. The fourth-order valence-corrected chi connectivity index (χ4v) is 2.41. The van der Waals surface area contributed by atoms with Gasteiger partial charge in [-0.25, -0.2) is 0 Å². The van der Waals surface area contributed by atoms with Crippen LogP contribution in [-0.4, -0.2) is 60.8 Å². The molecule has 1 aliphatic rings. The third-order valence-electron chi connectivity index (χ3n) is 3.52. The zero-order chi connectivity index (χ0) is 15.2. The zero-order valence-corrected chi connectivity index (χ0v) is 12.7. The number of benzene rings is 1. The first-order chi connectivity index (χ1) is 10.0. The molecule has 2 rings (SSSR count). The average molecular weight is 290 g/mol. The topological polar surface area (TPSA) is 49.9 Å². The van der Waals surface area contributed by atoms with Crippen LogP contribution in [0.4, 0.5) is 0 Å². The number of carbonyl (C=O) groups excluding carboxylic acids is 2. The molecule has 0 N–H and O–H groups in total. The molecule has 0 atom stereocenters. The normalized spacial score (nSPS) is 15.8. The maximum absolute atomic E-state index is 12.1. The quantitative estimate of drug-likeness (QED) is 0.815. The molecule has 1 aliphatic heterocycles. The molecule has 0 aliphatic carbocycles. The molecule has 1 saturated heterocycles. The predicted octanol–water partition coefficient (Wildman–Crippen LogP) is 1.11. The van der Waals surface area contributed by atoms with E-state index >= 15 is 0 Å². The van der Waals surface area contributed by atoms with Gasteiger partial charge < -0.3 is 9.64 Å². The Balaban J connectivity index is 1.76. The van der Waals surface area contributed by atoms with E-state index in [0.717, 1.165) is 24.4 Å². The third kappa shape index (κ3) is 4.86. The molecule has 1 heterocycles. The number of piperazine rings is 1. The molecule has 0 bridgehead atoms. The van der Waals surface area contributed by atoms with Gasteiger partial charge in [-0.15, -0.1) is 0 Å². The maximum Gasteiger partial charge on any atom is 0.260 e. The number of carbonyl (C=O) groups is 2. The maximum atomic E-state index is 12.1. The molecule has 0 unspecified atom stereocenters. The highest BCUT2D eigenvalue weighted by Crippen LogP contribution is 2.12. The molecule has 1 fully saturated rings. The second-order valence-corrected chi connectivity index (χ2v) is 5.46. The fraction of sp³-hybridized carbons (Fsp3) is 0.500. The molecule has 0 saturated carbocycles. The molecule has 0 aromatic heterocycles. The van der Waals surface area contributed by atoms with Gasteiger partial charge in [-0.05, 0) is 31.5 Å². The number of ketones is 1. The van der Waals surface area contributed by atoms with Crippen LogP contribution in [0.2, 0.25) is 0 Å². The van der Waals surface area contributed by atoms with Crippen molar-refractivity contribution in [2.75, 3.05) is 39.3 Å². The highest BCUT2D eigenvalue weighted by Gasteiger charge is 2.21. The smallest absolute Gasteiger partial charge is 0.260 e. The first-order valence-electron chi connectivity index (χ1n) is 7.23. The summed E-state index contributed by atoms with van der Waals surface area (Å²) in [6.07, 6.45) is 0. The summed E-state index contributed by atoms with van der Waals surface area (Å²) in [5, 5.41) is 0. The van der Waals surface area contributed by atoms with E-state index in [1.54, 1.807) is 11.8 Å². The SMILES string of the molecule is CC(=O)CN1CCN(C(=O)COc2cccc(C)c2)CC1. The van der Waals surface area contributed by atoms with Crippen LogP contribution in [0.25, 0.3) is 0 Å². The Morgan fingerprint density at radius 2 is 1.90 bits per heavy atom. The van der Waals surface area contributed by atoms with Crippen molar-refractivity contribution < 1.29 is 14.3 Å². The van der Waals surface area contributed by atoms with E-state index in [-0.39, 0.29) is 18.3 Å². The second kappa shape index (κ2) is 7.22. The zero-order valence-electron chi connectivity index (χ0n) is 12.7. The molecule has 5 nitrogen and oxygen atoms in total. The van der Waals surface area contributed by atoms with Crippen LogP contribution in [0.1, 0.15) is 12.5 Å². The Morgan fingerprint density at radius 3 is 2.52 bits per heavy atom. The van der Waals surface area contributed by atoms with Gasteiger partial charge in [0, 0.05) is 26.2 Å². The number of aryl methyl sites for hydroxylation is 1. The van der Waals surface area contributed by atoms with E-state index in [1.807, 2.05) is 31.2 Å². The highest BCUT2D eigenvalue weighted by atomic mass is 16.5. The summed E-state index contributed by atoms with van der Waals surface area (Å²) in [5.41, 5.74) is 1.11. The van der Waals surface area contributed by atoms with Crippen molar-refractivity contribution in [1.29, 1.82) is 0 Å². The summed E-state index contributed by atoms with van der Waals surface area (Å²) in [7, 11) is 0. The van der Waals surface area contributed by atoms with E-state index in [1.165, 1.54) is 0 Å². The van der Waals surface area contributed by atoms with Gasteiger partial charge in [0.25, 0.3) is 5.91 Å². The number of ether oxygens (including phenoxy) is 1. The van der Waals surface area contributed by atoms with Gasteiger partial charge in [0.1, 0.15) is 11.5 Å². The number of amides is 1. The van der Waals surface area contributed by atoms with Crippen molar-refractivity contribution in [2.24, 2.45) is 0 Å². The van der Waals surface area contributed by atoms with Crippen LogP contribution in [-0.2, 0) is 9.59 Å². The molecule has 5 heteroatoms. The predicted molar refractivity (Wildman–Crippen MR) is 80.4 cm³/mol. The molecule has 1 aromatic carbocycles. The minimum Gasteiger partial charge on any atom is -0.484 e. The number of nitrogens with zero attached hydrogens (tertiary/aromatic N) is 2. The Hall–Kier alpha value is -1.88. The largest absolute Gasteiger partial charge is 0.484 e. The van der Waals surface area contributed by atoms with Crippen LogP contribution in [0.5, 0.6) is 5.75 Å². The minimum absolute atomic E-state index is 0.000943. The lowest BCUT2D eigenvalue weighted by molar-refractivity contribution is -0.135. The molecule has 1 aromatic rings. The first kappa shape index (κ1) is 15.5. The van der Waals surface area contributed by atoms with E-state index < -0.39 is 0 Å². The van der Waals surface area contributed by atoms with Crippen LogP contribution in [0.15, 0.2) is 24.3 Å². The standard InChI is InChI=1S/C16H22N2O3/c1-13-4-3-5-15(10-13)21-12-16(20)18-8-6-17(7-9-18)11-14(2)19/h3-5,10H,6-9,11-12H2,1-2H3. The summed E-state index contributed by atoms with van der Waals surface area (Å²) < 4.78 is 5.53. The van der Waals surface area contributed by atoms with Gasteiger partial charge in [-0.3, -0.25) is 14.5 Å². The van der Waals surface area contributed by atoms with E-state index in [9.17, 15) is 9.59 Å². The summed E-state index contributed by atoms with van der Waals surface area (Å²) >= 11 is 0. The molecular formula is C16H22N2O3. The third-order valence-corrected chi connectivity index (χ3v) is 3.52. The van der Waals surface area contributed by atoms with Crippen molar-refractivity contribution in [2.45, 2.75) is 13.8 Å². The van der Waals surface area contributed by atoms with E-state index in [0.29, 0.717) is 19.6 Å². The van der Waals surface area contributed by atoms with Crippen molar-refractivity contribution in [1.82, 2.24) is 9.80 Å². The molecule has 0 radical (unpaired) electrons. The Bertz CT molecular complexity index is 508. The van der Waals surface area contributed by atoms with E-state index in [2.05, 4.69) is 4.90 Å². The van der Waals surface area contributed by atoms with Crippen LogP contribution >= 0.6 is 0 Å². The van der Waals surface area contributed by atoms with Crippen molar-refractivity contribution in [3.8, 4) is 5.75 Å². The van der Waals surface area contributed by atoms with Gasteiger partial charge in [-0.1, -0.05) is 12.1 Å². The average Bonchev–Trinajstić information content (AvgIpc) is 2.45. The fourth-order valence-electron chi connectivity index (χ4n) is 2.41. The Kier molecular flexibility index (Phi) is 5.33. The lowest BCUT2D eigenvalue weighted by Crippen LogP contribution is -2.50. The number of hydrogen-bond acceptors (Lipinski definition) is 4. The van der Waals surface area contributed by atoms with Gasteiger partial charge in [0.15, 0.2) is 6.61 Å². The monoisotopic (exact) mass is 290 g/mol.